The highest BCUT2D eigenvalue weighted by Gasteiger charge is 2.32. The monoisotopic (exact) mass is 533 g/mol. The van der Waals surface area contributed by atoms with Crippen molar-refractivity contribution in [3.63, 3.8) is 0 Å². The van der Waals surface area contributed by atoms with Gasteiger partial charge in [0.2, 0.25) is 0 Å². The van der Waals surface area contributed by atoms with Gasteiger partial charge in [-0.2, -0.15) is 0 Å². The Morgan fingerprint density at radius 2 is 1.49 bits per heavy atom. The number of benzene rings is 3. The van der Waals surface area contributed by atoms with Crippen molar-refractivity contribution in [3.8, 4) is 0 Å². The van der Waals surface area contributed by atoms with Crippen LogP contribution >= 0.6 is 0 Å². The SMILES string of the molecule is CC.N.O=C(c1ccc(F)cc1)N1CCN(c2c([N+](=O)[O-])c(=O)n(Cc3ccccc3)c3ccccc23)CC1. The topological polar surface area (TPSA) is 124 Å². The van der Waals surface area contributed by atoms with E-state index in [1.165, 1.54) is 28.8 Å². The Kier molecular flexibility index (Phi) is 9.51. The molecule has 0 spiro atoms. The zero-order valence-corrected chi connectivity index (χ0v) is 22.0. The highest BCUT2D eigenvalue weighted by Crippen LogP contribution is 2.34. The first-order chi connectivity index (χ1) is 18.4. The lowest BCUT2D eigenvalue weighted by Gasteiger charge is -2.36. The Hall–Kier alpha value is -4.57. The van der Waals surface area contributed by atoms with Crippen LogP contribution in [0.4, 0.5) is 15.8 Å². The molecule has 204 valence electrons. The average Bonchev–Trinajstić information content (AvgIpc) is 2.96. The van der Waals surface area contributed by atoms with Crippen LogP contribution in [0.3, 0.4) is 0 Å². The van der Waals surface area contributed by atoms with Crippen molar-refractivity contribution < 1.29 is 14.1 Å². The fourth-order valence-electron chi connectivity index (χ4n) is 4.69. The van der Waals surface area contributed by atoms with Crippen molar-refractivity contribution in [2.45, 2.75) is 20.4 Å². The molecule has 1 fully saturated rings. The molecule has 1 amide bonds. The van der Waals surface area contributed by atoms with Gasteiger partial charge in [-0.1, -0.05) is 62.4 Å². The van der Waals surface area contributed by atoms with E-state index in [9.17, 15) is 24.1 Å². The van der Waals surface area contributed by atoms with Gasteiger partial charge in [-0.3, -0.25) is 24.3 Å². The van der Waals surface area contributed by atoms with Crippen LogP contribution in [0.2, 0.25) is 0 Å². The molecule has 3 N–H and O–H groups in total. The number of hydrogen-bond donors (Lipinski definition) is 1. The molecule has 0 unspecified atom stereocenters. The number of hydrogen-bond acceptors (Lipinski definition) is 6. The van der Waals surface area contributed by atoms with E-state index in [-0.39, 0.29) is 24.3 Å². The van der Waals surface area contributed by atoms with E-state index in [1.807, 2.05) is 49.1 Å². The molecule has 0 bridgehead atoms. The molecule has 5 rings (SSSR count). The molecule has 39 heavy (non-hydrogen) atoms. The second kappa shape index (κ2) is 12.8. The molecule has 2 heterocycles. The molecular formula is C29H32FN5O4. The third kappa shape index (κ3) is 5.96. The zero-order valence-electron chi connectivity index (χ0n) is 22.0. The standard InChI is InChI=1S/C27H23FN4O4.C2H6.H3N/c28-21-12-10-20(11-13-21)26(33)30-16-14-29(15-17-30)24-22-8-4-5-9-23(22)31(27(34)25(24)32(35)36)18-19-6-2-1-3-7-19;1-2;/h1-13H,14-18H2;1-2H3;1H3. The van der Waals surface area contributed by atoms with Crippen LogP contribution < -0.4 is 16.6 Å². The van der Waals surface area contributed by atoms with Gasteiger partial charge in [-0.05, 0) is 35.9 Å². The van der Waals surface area contributed by atoms with Crippen LogP contribution in [0.15, 0.2) is 83.7 Å². The minimum atomic E-state index is -0.664. The highest BCUT2D eigenvalue weighted by atomic mass is 19.1. The number of nitro groups is 1. The fourth-order valence-corrected chi connectivity index (χ4v) is 4.69. The summed E-state index contributed by atoms with van der Waals surface area (Å²) in [6.07, 6.45) is 0. The maximum absolute atomic E-state index is 13.5. The molecule has 0 radical (unpaired) electrons. The van der Waals surface area contributed by atoms with Crippen molar-refractivity contribution in [1.29, 1.82) is 0 Å². The smallest absolute Gasteiger partial charge is 0.357 e. The van der Waals surface area contributed by atoms with Gasteiger partial charge in [0.05, 0.1) is 17.0 Å². The van der Waals surface area contributed by atoms with Crippen molar-refractivity contribution in [1.82, 2.24) is 15.6 Å². The molecule has 4 aromatic rings. The number of rotatable bonds is 5. The lowest BCUT2D eigenvalue weighted by atomic mass is 10.1. The first-order valence-corrected chi connectivity index (χ1v) is 12.6. The number of piperazine rings is 1. The van der Waals surface area contributed by atoms with E-state index in [4.69, 9.17) is 0 Å². The Balaban J connectivity index is 0.00000137. The Morgan fingerprint density at radius 1 is 0.897 bits per heavy atom. The third-order valence-electron chi connectivity index (χ3n) is 6.46. The van der Waals surface area contributed by atoms with Crippen LogP contribution in [-0.2, 0) is 6.54 Å². The molecular weight excluding hydrogens is 501 g/mol. The lowest BCUT2D eigenvalue weighted by Crippen LogP contribution is -2.49. The number of carbonyl (C=O) groups is 1. The quantitative estimate of drug-likeness (QED) is 0.276. The molecule has 0 saturated carbocycles. The summed E-state index contributed by atoms with van der Waals surface area (Å²) in [6, 6.07) is 21.9. The third-order valence-corrected chi connectivity index (χ3v) is 6.46. The second-order valence-electron chi connectivity index (χ2n) is 8.63. The number of carbonyl (C=O) groups excluding carboxylic acids is 1. The molecule has 0 aliphatic carbocycles. The molecule has 3 aromatic carbocycles. The number of pyridine rings is 1. The van der Waals surface area contributed by atoms with E-state index in [0.29, 0.717) is 42.6 Å². The van der Waals surface area contributed by atoms with Gasteiger partial charge in [-0.25, -0.2) is 4.39 Å². The molecule has 0 atom stereocenters. The summed E-state index contributed by atoms with van der Waals surface area (Å²) in [5.41, 5.74) is 0.991. The van der Waals surface area contributed by atoms with Crippen molar-refractivity contribution in [2.24, 2.45) is 0 Å². The Labute approximate surface area is 225 Å². The number of aromatic nitrogens is 1. The van der Waals surface area contributed by atoms with E-state index < -0.39 is 22.0 Å². The van der Waals surface area contributed by atoms with Crippen molar-refractivity contribution in [3.05, 3.63) is 116 Å². The molecule has 1 aromatic heterocycles. The summed E-state index contributed by atoms with van der Waals surface area (Å²) < 4.78 is 14.7. The summed E-state index contributed by atoms with van der Waals surface area (Å²) in [6.45, 7) is 5.48. The number of anilines is 1. The second-order valence-corrected chi connectivity index (χ2v) is 8.63. The largest absolute Gasteiger partial charge is 0.362 e. The summed E-state index contributed by atoms with van der Waals surface area (Å²) in [7, 11) is 0. The zero-order chi connectivity index (χ0) is 27.2. The Morgan fingerprint density at radius 3 is 2.10 bits per heavy atom. The van der Waals surface area contributed by atoms with Crippen molar-refractivity contribution in [2.75, 3.05) is 31.1 Å². The number of para-hydroxylation sites is 1. The van der Waals surface area contributed by atoms with Gasteiger partial charge in [0.25, 0.3) is 5.91 Å². The van der Waals surface area contributed by atoms with Gasteiger partial charge in [0.15, 0.2) is 0 Å². The minimum absolute atomic E-state index is 0. The summed E-state index contributed by atoms with van der Waals surface area (Å²) in [4.78, 5) is 41.3. The molecule has 1 aliphatic rings. The predicted molar refractivity (Wildman–Crippen MR) is 151 cm³/mol. The van der Waals surface area contributed by atoms with Gasteiger partial charge in [0, 0.05) is 37.1 Å². The predicted octanol–water partition coefficient (Wildman–Crippen LogP) is 5.25. The first-order valence-electron chi connectivity index (χ1n) is 12.6. The maximum atomic E-state index is 13.5. The number of nitrogens with zero attached hydrogens (tertiary/aromatic N) is 4. The fraction of sp³-hybridized carbons (Fsp3) is 0.241. The Bertz CT molecular complexity index is 1500. The average molecular weight is 534 g/mol. The number of halogens is 1. The molecule has 1 aliphatic heterocycles. The van der Waals surface area contributed by atoms with Crippen LogP contribution in [0.25, 0.3) is 10.9 Å². The van der Waals surface area contributed by atoms with Gasteiger partial charge in [0.1, 0.15) is 11.5 Å². The molecule has 1 saturated heterocycles. The van der Waals surface area contributed by atoms with Crippen LogP contribution in [0.5, 0.6) is 0 Å². The minimum Gasteiger partial charge on any atom is -0.362 e. The van der Waals surface area contributed by atoms with E-state index in [2.05, 4.69) is 0 Å². The van der Waals surface area contributed by atoms with Gasteiger partial charge < -0.3 is 16.0 Å². The summed E-state index contributed by atoms with van der Waals surface area (Å²) in [5.74, 6) is -0.648. The normalized spacial score (nSPS) is 12.8. The van der Waals surface area contributed by atoms with E-state index in [0.717, 1.165) is 5.56 Å². The van der Waals surface area contributed by atoms with Crippen LogP contribution in [0, 0.1) is 15.9 Å². The van der Waals surface area contributed by atoms with Gasteiger partial charge >= 0.3 is 11.2 Å². The van der Waals surface area contributed by atoms with Gasteiger partial charge in [-0.15, -0.1) is 0 Å². The van der Waals surface area contributed by atoms with Crippen molar-refractivity contribution >= 4 is 28.2 Å². The summed E-state index contributed by atoms with van der Waals surface area (Å²) in [5, 5.41) is 12.8. The van der Waals surface area contributed by atoms with Crippen LogP contribution in [0.1, 0.15) is 29.8 Å². The number of amides is 1. The molecule has 10 heteroatoms. The summed E-state index contributed by atoms with van der Waals surface area (Å²) >= 11 is 0. The number of fused-ring (bicyclic) bond motifs is 1. The van der Waals surface area contributed by atoms with E-state index in [1.54, 1.807) is 29.2 Å². The first kappa shape index (κ1) is 29.0. The van der Waals surface area contributed by atoms with Crippen LogP contribution in [-0.4, -0.2) is 46.5 Å². The highest BCUT2D eigenvalue weighted by molar-refractivity contribution is 5.97. The lowest BCUT2D eigenvalue weighted by molar-refractivity contribution is -0.385. The van der Waals surface area contributed by atoms with E-state index >= 15 is 0 Å². The maximum Gasteiger partial charge on any atom is 0.357 e. The molecule has 9 nitrogen and oxygen atoms in total.